The summed E-state index contributed by atoms with van der Waals surface area (Å²) in [6.07, 6.45) is 2.79. The summed E-state index contributed by atoms with van der Waals surface area (Å²) in [4.78, 5) is 24.5. The molecule has 4 rings (SSSR count). The highest BCUT2D eigenvalue weighted by molar-refractivity contribution is 5.81. The van der Waals surface area contributed by atoms with Gasteiger partial charge < -0.3 is 9.47 Å². The molecule has 0 amide bonds. The first-order valence-corrected chi connectivity index (χ1v) is 7.91. The first-order chi connectivity index (χ1) is 9.54. The molecule has 0 radical (unpaired) electrons. The number of hydrogen-bond donors (Lipinski definition) is 0. The summed E-state index contributed by atoms with van der Waals surface area (Å²) in [5.74, 6) is 0.746. The summed E-state index contributed by atoms with van der Waals surface area (Å²) in [6.45, 7) is 6.62. The van der Waals surface area contributed by atoms with Gasteiger partial charge in [0.1, 0.15) is 6.10 Å². The molecular formula is C16H24O4. The number of fused-ring (bicyclic) bond motifs is 1. The molecule has 4 bridgehead atoms. The van der Waals surface area contributed by atoms with Gasteiger partial charge in [0.05, 0.1) is 18.4 Å². The molecule has 0 spiro atoms. The molecule has 0 N–H and O–H groups in total. The van der Waals surface area contributed by atoms with Gasteiger partial charge in [-0.2, -0.15) is 0 Å². The second-order valence-corrected chi connectivity index (χ2v) is 6.95. The van der Waals surface area contributed by atoms with E-state index in [1.165, 1.54) is 0 Å². The fraction of sp³-hybridized carbons (Fsp3) is 0.875. The zero-order valence-electron chi connectivity index (χ0n) is 12.5. The summed E-state index contributed by atoms with van der Waals surface area (Å²) < 4.78 is 11.0. The van der Waals surface area contributed by atoms with E-state index in [0.717, 1.165) is 19.3 Å². The molecule has 1 heterocycles. The molecule has 112 valence electrons. The minimum Gasteiger partial charge on any atom is -0.465 e. The Morgan fingerprint density at radius 2 is 2.05 bits per heavy atom. The number of ether oxygens (including phenoxy) is 2. The van der Waals surface area contributed by atoms with E-state index in [-0.39, 0.29) is 41.7 Å². The van der Waals surface area contributed by atoms with E-state index in [4.69, 9.17) is 9.47 Å². The van der Waals surface area contributed by atoms with Crippen molar-refractivity contribution in [1.29, 1.82) is 0 Å². The number of esters is 2. The van der Waals surface area contributed by atoms with Gasteiger partial charge in [-0.25, -0.2) is 0 Å². The van der Waals surface area contributed by atoms with Gasteiger partial charge in [0.2, 0.25) is 0 Å². The van der Waals surface area contributed by atoms with Crippen molar-refractivity contribution in [2.24, 2.45) is 35.5 Å². The number of hydrogen-bond acceptors (Lipinski definition) is 4. The summed E-state index contributed by atoms with van der Waals surface area (Å²) in [7, 11) is 0. The van der Waals surface area contributed by atoms with Crippen molar-refractivity contribution in [1.82, 2.24) is 0 Å². The Morgan fingerprint density at radius 3 is 2.70 bits per heavy atom. The van der Waals surface area contributed by atoms with Crippen molar-refractivity contribution >= 4 is 11.9 Å². The molecule has 6 unspecified atom stereocenters. The Morgan fingerprint density at radius 1 is 1.35 bits per heavy atom. The van der Waals surface area contributed by atoms with Crippen LogP contribution in [-0.2, 0) is 19.1 Å². The lowest BCUT2D eigenvalue weighted by atomic mass is 9.54. The maximum Gasteiger partial charge on any atom is 0.313 e. The molecule has 0 aromatic rings. The van der Waals surface area contributed by atoms with E-state index >= 15 is 0 Å². The summed E-state index contributed by atoms with van der Waals surface area (Å²) >= 11 is 0. The van der Waals surface area contributed by atoms with Gasteiger partial charge >= 0.3 is 11.9 Å². The fourth-order valence-electron chi connectivity index (χ4n) is 4.62. The minimum absolute atomic E-state index is 0.0397. The van der Waals surface area contributed by atoms with Crippen LogP contribution in [0.1, 0.15) is 40.0 Å². The Kier molecular flexibility index (Phi) is 3.51. The Balaban J connectivity index is 1.81. The standard InChI is InChI=1S/C16H24O4/c1-4-9-10-5-6-11-12(9)16(18)20-14(11)13(10)15(17)19-7-8(2)3/h8-14H,4-7H2,1-3H3. The van der Waals surface area contributed by atoms with Crippen LogP contribution in [0.4, 0.5) is 0 Å². The third kappa shape index (κ3) is 1.95. The Bertz CT molecular complexity index is 417. The lowest BCUT2D eigenvalue weighted by Crippen LogP contribution is -2.53. The predicted octanol–water partition coefficient (Wildman–Crippen LogP) is 2.41. The molecule has 1 saturated heterocycles. The van der Waals surface area contributed by atoms with Crippen molar-refractivity contribution in [3.63, 3.8) is 0 Å². The van der Waals surface area contributed by atoms with E-state index in [1.807, 2.05) is 13.8 Å². The molecule has 4 fully saturated rings. The van der Waals surface area contributed by atoms with Crippen molar-refractivity contribution in [3.8, 4) is 0 Å². The molecule has 20 heavy (non-hydrogen) atoms. The van der Waals surface area contributed by atoms with Crippen molar-refractivity contribution < 1.29 is 19.1 Å². The third-order valence-corrected chi connectivity index (χ3v) is 5.37. The molecule has 1 aliphatic heterocycles. The van der Waals surface area contributed by atoms with Crippen LogP contribution in [0, 0.1) is 35.5 Å². The smallest absolute Gasteiger partial charge is 0.313 e. The predicted molar refractivity (Wildman–Crippen MR) is 72.7 cm³/mol. The van der Waals surface area contributed by atoms with Crippen LogP contribution in [0.2, 0.25) is 0 Å². The largest absolute Gasteiger partial charge is 0.465 e. The number of rotatable bonds is 4. The fourth-order valence-corrected chi connectivity index (χ4v) is 4.62. The highest BCUT2D eigenvalue weighted by Crippen LogP contribution is 2.58. The summed E-state index contributed by atoms with van der Waals surface area (Å²) in [5, 5.41) is 0. The van der Waals surface area contributed by atoms with E-state index in [9.17, 15) is 9.59 Å². The molecule has 4 aliphatic rings. The highest BCUT2D eigenvalue weighted by Gasteiger charge is 2.64. The van der Waals surface area contributed by atoms with Gasteiger partial charge in [-0.1, -0.05) is 27.2 Å². The van der Waals surface area contributed by atoms with Crippen LogP contribution in [-0.4, -0.2) is 24.6 Å². The second-order valence-electron chi connectivity index (χ2n) is 6.95. The lowest BCUT2D eigenvalue weighted by Gasteiger charge is -2.48. The normalized spacial score (nSPS) is 41.9. The van der Waals surface area contributed by atoms with Crippen LogP contribution < -0.4 is 0 Å². The molecule has 0 aromatic carbocycles. The van der Waals surface area contributed by atoms with E-state index in [0.29, 0.717) is 18.4 Å². The van der Waals surface area contributed by atoms with Crippen molar-refractivity contribution in [2.75, 3.05) is 6.61 Å². The van der Waals surface area contributed by atoms with Gasteiger partial charge in [0, 0.05) is 5.92 Å². The van der Waals surface area contributed by atoms with Gasteiger partial charge in [-0.15, -0.1) is 0 Å². The molecule has 0 aromatic heterocycles. The molecule has 6 atom stereocenters. The average Bonchev–Trinajstić information content (AvgIpc) is 2.71. The van der Waals surface area contributed by atoms with Crippen LogP contribution in [0.3, 0.4) is 0 Å². The maximum absolute atomic E-state index is 12.4. The van der Waals surface area contributed by atoms with Crippen LogP contribution in [0.5, 0.6) is 0 Å². The SMILES string of the molecule is CCC1C2CCC3C(OC(=O)C13)C2C(=O)OCC(C)C. The summed E-state index contributed by atoms with van der Waals surface area (Å²) in [5.41, 5.74) is 0. The van der Waals surface area contributed by atoms with Crippen LogP contribution >= 0.6 is 0 Å². The van der Waals surface area contributed by atoms with E-state index in [1.54, 1.807) is 0 Å². The number of carbonyl (C=O) groups excluding carboxylic acids is 2. The van der Waals surface area contributed by atoms with Crippen LogP contribution in [0.15, 0.2) is 0 Å². The quantitative estimate of drug-likeness (QED) is 0.742. The maximum atomic E-state index is 12.4. The molecular weight excluding hydrogens is 256 g/mol. The van der Waals surface area contributed by atoms with Crippen molar-refractivity contribution in [2.45, 2.75) is 46.1 Å². The van der Waals surface area contributed by atoms with Crippen LogP contribution in [0.25, 0.3) is 0 Å². The highest BCUT2D eigenvalue weighted by atomic mass is 16.6. The first kappa shape index (κ1) is 13.9. The molecule has 3 saturated carbocycles. The zero-order chi connectivity index (χ0) is 14.4. The first-order valence-electron chi connectivity index (χ1n) is 7.91. The molecule has 4 heteroatoms. The average molecular weight is 280 g/mol. The summed E-state index contributed by atoms with van der Waals surface area (Å²) in [6, 6.07) is 0. The van der Waals surface area contributed by atoms with Gasteiger partial charge in [0.15, 0.2) is 0 Å². The van der Waals surface area contributed by atoms with Crippen molar-refractivity contribution in [3.05, 3.63) is 0 Å². The minimum atomic E-state index is -0.222. The zero-order valence-corrected chi connectivity index (χ0v) is 12.5. The third-order valence-electron chi connectivity index (χ3n) is 5.37. The van der Waals surface area contributed by atoms with Gasteiger partial charge in [-0.3, -0.25) is 9.59 Å². The van der Waals surface area contributed by atoms with E-state index in [2.05, 4.69) is 6.92 Å². The number of carbonyl (C=O) groups is 2. The topological polar surface area (TPSA) is 52.6 Å². The second kappa shape index (κ2) is 5.05. The van der Waals surface area contributed by atoms with E-state index < -0.39 is 0 Å². The Labute approximate surface area is 120 Å². The van der Waals surface area contributed by atoms with Gasteiger partial charge in [-0.05, 0) is 30.6 Å². The van der Waals surface area contributed by atoms with Gasteiger partial charge in [0.25, 0.3) is 0 Å². The lowest BCUT2D eigenvalue weighted by molar-refractivity contribution is -0.166. The molecule has 4 nitrogen and oxygen atoms in total. The monoisotopic (exact) mass is 280 g/mol. The molecule has 3 aliphatic carbocycles. The Hall–Kier alpha value is -1.06.